The molecule has 5 nitrogen and oxygen atoms in total. The van der Waals surface area contributed by atoms with Gasteiger partial charge >= 0.3 is 0 Å². The van der Waals surface area contributed by atoms with Crippen molar-refractivity contribution in [3.05, 3.63) is 62.3 Å². The zero-order valence-electron chi connectivity index (χ0n) is 14.9. The number of hydrogen-bond acceptors (Lipinski definition) is 3. The van der Waals surface area contributed by atoms with E-state index in [2.05, 4.69) is 36.0 Å². The van der Waals surface area contributed by atoms with Crippen LogP contribution < -0.4 is 5.32 Å². The van der Waals surface area contributed by atoms with Crippen LogP contribution in [0.1, 0.15) is 35.4 Å². The minimum absolute atomic E-state index is 0.292. The lowest BCUT2D eigenvalue weighted by Crippen LogP contribution is -2.12. The molecule has 0 radical (unpaired) electrons. The molecule has 0 aliphatic carbocycles. The molecule has 1 N–H and O–H groups in total. The van der Waals surface area contributed by atoms with E-state index in [0.717, 1.165) is 47.5 Å². The topological polar surface area (TPSA) is 59.8 Å². The number of nitrogens with one attached hydrogen (secondary N) is 1. The average Bonchev–Trinajstić information content (AvgIpc) is 2.93. The van der Waals surface area contributed by atoms with Crippen LogP contribution in [0.25, 0.3) is 11.4 Å². The molecule has 2 heterocycles. The molecular weight excluding hydrogens is 463 g/mol. The number of aryl methyl sites for hydroxylation is 1. The zero-order chi connectivity index (χ0) is 19.7. The van der Waals surface area contributed by atoms with Crippen molar-refractivity contribution in [1.29, 1.82) is 0 Å². The van der Waals surface area contributed by atoms with Gasteiger partial charge in [-0.2, -0.15) is 0 Å². The third-order valence-corrected chi connectivity index (χ3v) is 5.90. The van der Waals surface area contributed by atoms with Crippen molar-refractivity contribution in [2.75, 3.05) is 5.32 Å². The van der Waals surface area contributed by atoms with Crippen molar-refractivity contribution in [1.82, 2.24) is 14.8 Å². The monoisotopic (exact) mass is 478 g/mol. The van der Waals surface area contributed by atoms with Crippen LogP contribution in [0, 0.1) is 0 Å². The fourth-order valence-electron chi connectivity index (χ4n) is 3.33. The van der Waals surface area contributed by atoms with Crippen LogP contribution in [0.5, 0.6) is 0 Å². The van der Waals surface area contributed by atoms with Crippen LogP contribution in [0.2, 0.25) is 10.0 Å². The Bertz CT molecular complexity index is 1050. The highest BCUT2D eigenvalue weighted by atomic mass is 79.9. The summed E-state index contributed by atoms with van der Waals surface area (Å²) in [7, 11) is 0. The molecule has 8 heteroatoms. The van der Waals surface area contributed by atoms with E-state index in [1.807, 2.05) is 6.07 Å². The third kappa shape index (κ3) is 3.95. The quantitative estimate of drug-likeness (QED) is 0.501. The maximum absolute atomic E-state index is 12.7. The Balaban J connectivity index is 1.66. The molecule has 1 amide bonds. The summed E-state index contributed by atoms with van der Waals surface area (Å²) in [5, 5.41) is 12.5. The molecule has 0 fully saturated rings. The summed E-state index contributed by atoms with van der Waals surface area (Å²) in [6.07, 6.45) is 4.31. The smallest absolute Gasteiger partial charge is 0.257 e. The molecule has 1 aliphatic rings. The summed E-state index contributed by atoms with van der Waals surface area (Å²) in [5.41, 5.74) is 1.76. The van der Waals surface area contributed by atoms with Gasteiger partial charge in [0.1, 0.15) is 5.82 Å². The van der Waals surface area contributed by atoms with Crippen LogP contribution in [-0.4, -0.2) is 20.7 Å². The van der Waals surface area contributed by atoms with E-state index in [1.165, 1.54) is 6.42 Å². The molecule has 0 unspecified atom stereocenters. The molecule has 3 aromatic rings. The predicted molar refractivity (Wildman–Crippen MR) is 115 cm³/mol. The van der Waals surface area contributed by atoms with Gasteiger partial charge in [-0.3, -0.25) is 4.79 Å². The van der Waals surface area contributed by atoms with Gasteiger partial charge in [0, 0.05) is 28.7 Å². The number of aromatic nitrogens is 3. The van der Waals surface area contributed by atoms with Crippen LogP contribution in [0.15, 0.2) is 40.9 Å². The van der Waals surface area contributed by atoms with Gasteiger partial charge in [-0.05, 0) is 49.2 Å². The van der Waals surface area contributed by atoms with Gasteiger partial charge in [0.05, 0.1) is 15.6 Å². The van der Waals surface area contributed by atoms with E-state index in [0.29, 0.717) is 21.3 Å². The molecule has 0 saturated carbocycles. The van der Waals surface area contributed by atoms with E-state index in [4.69, 9.17) is 23.2 Å². The lowest BCUT2D eigenvalue weighted by Gasteiger charge is -2.12. The molecular formula is C20H17BrCl2N4O. The minimum atomic E-state index is -0.292. The van der Waals surface area contributed by atoms with Gasteiger partial charge in [0.25, 0.3) is 5.91 Å². The number of anilines is 1. The molecule has 0 spiro atoms. The second kappa shape index (κ2) is 8.23. The highest BCUT2D eigenvalue weighted by Crippen LogP contribution is 2.32. The normalized spacial score (nSPS) is 13.7. The van der Waals surface area contributed by atoms with Crippen LogP contribution in [0.4, 0.5) is 5.69 Å². The number of carbonyl (C=O) groups is 1. The Labute approximate surface area is 181 Å². The van der Waals surface area contributed by atoms with Crippen molar-refractivity contribution in [3.63, 3.8) is 0 Å². The van der Waals surface area contributed by atoms with Crippen molar-refractivity contribution < 1.29 is 4.79 Å². The fraction of sp³-hybridized carbons (Fsp3) is 0.250. The first-order valence-corrected chi connectivity index (χ1v) is 10.6. The molecule has 1 aliphatic heterocycles. The molecule has 0 atom stereocenters. The van der Waals surface area contributed by atoms with Crippen LogP contribution >= 0.6 is 39.1 Å². The van der Waals surface area contributed by atoms with E-state index in [-0.39, 0.29) is 5.91 Å². The number of hydrogen-bond donors (Lipinski definition) is 1. The number of halogens is 3. The van der Waals surface area contributed by atoms with Crippen molar-refractivity contribution in [2.24, 2.45) is 0 Å². The first kappa shape index (κ1) is 19.4. The second-order valence-corrected chi connectivity index (χ2v) is 8.41. The number of fused-ring (bicyclic) bond motifs is 1. The van der Waals surface area contributed by atoms with E-state index < -0.39 is 0 Å². The Hall–Kier alpha value is -1.89. The maximum Gasteiger partial charge on any atom is 0.257 e. The molecule has 0 bridgehead atoms. The Kier molecular flexibility index (Phi) is 5.71. The number of nitrogens with zero attached hydrogens (tertiary/aromatic N) is 3. The first-order chi connectivity index (χ1) is 13.5. The van der Waals surface area contributed by atoms with Gasteiger partial charge in [-0.1, -0.05) is 45.6 Å². The van der Waals surface area contributed by atoms with Crippen molar-refractivity contribution >= 4 is 50.7 Å². The maximum atomic E-state index is 12.7. The SMILES string of the molecule is O=C(Nc1ccc(Cl)c(-c2nnc3n2CCCCC3)c1)c1cc(Br)ccc1Cl. The van der Waals surface area contributed by atoms with Crippen LogP contribution in [0.3, 0.4) is 0 Å². The number of benzene rings is 2. The lowest BCUT2D eigenvalue weighted by atomic mass is 10.1. The summed E-state index contributed by atoms with van der Waals surface area (Å²) in [5.74, 6) is 1.43. The average molecular weight is 480 g/mol. The summed E-state index contributed by atoms with van der Waals surface area (Å²) < 4.78 is 2.91. The molecule has 4 rings (SSSR count). The zero-order valence-corrected chi connectivity index (χ0v) is 18.0. The number of carbonyl (C=O) groups excluding carboxylic acids is 1. The van der Waals surface area contributed by atoms with Crippen molar-refractivity contribution in [2.45, 2.75) is 32.2 Å². The van der Waals surface area contributed by atoms with Gasteiger partial charge in [0.2, 0.25) is 0 Å². The van der Waals surface area contributed by atoms with Gasteiger partial charge < -0.3 is 9.88 Å². The molecule has 2 aromatic carbocycles. The number of amides is 1. The minimum Gasteiger partial charge on any atom is -0.322 e. The standard InChI is InChI=1S/C20H17BrCl2N4O/c21-12-5-7-17(23)15(10-12)20(28)24-13-6-8-16(22)14(11-13)19-26-25-18-4-2-1-3-9-27(18)19/h5-8,10-11H,1-4,9H2,(H,24,28). The lowest BCUT2D eigenvalue weighted by molar-refractivity contribution is 0.102. The summed E-state index contributed by atoms with van der Waals surface area (Å²) >= 11 is 16.0. The Morgan fingerprint density at radius 1 is 1.04 bits per heavy atom. The van der Waals surface area contributed by atoms with Gasteiger partial charge in [-0.15, -0.1) is 10.2 Å². The first-order valence-electron chi connectivity index (χ1n) is 9.01. The van der Waals surface area contributed by atoms with Gasteiger partial charge in [-0.25, -0.2) is 0 Å². The van der Waals surface area contributed by atoms with E-state index in [9.17, 15) is 4.79 Å². The van der Waals surface area contributed by atoms with E-state index in [1.54, 1.807) is 30.3 Å². The van der Waals surface area contributed by atoms with E-state index >= 15 is 0 Å². The van der Waals surface area contributed by atoms with Gasteiger partial charge in [0.15, 0.2) is 5.82 Å². The Morgan fingerprint density at radius 3 is 2.71 bits per heavy atom. The molecule has 28 heavy (non-hydrogen) atoms. The summed E-state index contributed by atoms with van der Waals surface area (Å²) in [6, 6.07) is 10.5. The molecule has 144 valence electrons. The predicted octanol–water partition coefficient (Wildman–Crippen LogP) is 5.99. The summed E-state index contributed by atoms with van der Waals surface area (Å²) in [6.45, 7) is 0.873. The highest BCUT2D eigenvalue weighted by Gasteiger charge is 2.19. The fourth-order valence-corrected chi connectivity index (χ4v) is 4.10. The highest BCUT2D eigenvalue weighted by molar-refractivity contribution is 9.10. The largest absolute Gasteiger partial charge is 0.322 e. The van der Waals surface area contributed by atoms with Crippen molar-refractivity contribution in [3.8, 4) is 11.4 Å². The molecule has 1 aromatic heterocycles. The number of rotatable bonds is 3. The third-order valence-electron chi connectivity index (χ3n) is 4.75. The summed E-state index contributed by atoms with van der Waals surface area (Å²) in [4.78, 5) is 12.7. The molecule has 0 saturated heterocycles. The second-order valence-electron chi connectivity index (χ2n) is 6.68. The Morgan fingerprint density at radius 2 is 1.86 bits per heavy atom. The van der Waals surface area contributed by atoms with Crippen LogP contribution in [-0.2, 0) is 13.0 Å².